The van der Waals surface area contributed by atoms with E-state index in [0.29, 0.717) is 5.41 Å². The van der Waals surface area contributed by atoms with Crippen LogP contribution >= 0.6 is 0 Å². The largest absolute Gasteiger partial charge is 0.393 e. The SMILES string of the molecule is CCCC(C)(CNC)CN(C)CCC(C)O. The second-order valence-electron chi connectivity index (χ2n) is 5.47. The van der Waals surface area contributed by atoms with E-state index in [9.17, 15) is 5.11 Å². The van der Waals surface area contributed by atoms with Gasteiger partial charge in [-0.1, -0.05) is 20.3 Å². The highest BCUT2D eigenvalue weighted by Gasteiger charge is 2.24. The van der Waals surface area contributed by atoms with Gasteiger partial charge in [0, 0.05) is 19.6 Å². The molecule has 0 aromatic heterocycles. The molecule has 2 unspecified atom stereocenters. The monoisotopic (exact) mass is 230 g/mol. The normalized spacial score (nSPS) is 17.4. The van der Waals surface area contributed by atoms with Gasteiger partial charge in [0.25, 0.3) is 0 Å². The minimum Gasteiger partial charge on any atom is -0.393 e. The van der Waals surface area contributed by atoms with Crippen LogP contribution < -0.4 is 5.32 Å². The highest BCUT2D eigenvalue weighted by atomic mass is 16.3. The first kappa shape index (κ1) is 15.9. The Morgan fingerprint density at radius 1 is 1.44 bits per heavy atom. The predicted molar refractivity (Wildman–Crippen MR) is 70.7 cm³/mol. The van der Waals surface area contributed by atoms with E-state index in [4.69, 9.17) is 0 Å². The lowest BCUT2D eigenvalue weighted by Crippen LogP contribution is -2.40. The van der Waals surface area contributed by atoms with Crippen LogP contribution in [0.2, 0.25) is 0 Å². The zero-order valence-corrected chi connectivity index (χ0v) is 11.7. The van der Waals surface area contributed by atoms with Crippen molar-refractivity contribution in [1.29, 1.82) is 0 Å². The molecule has 3 nitrogen and oxygen atoms in total. The Labute approximate surface area is 101 Å². The molecule has 0 fully saturated rings. The molecule has 3 heteroatoms. The van der Waals surface area contributed by atoms with Crippen LogP contribution in [0.25, 0.3) is 0 Å². The quantitative estimate of drug-likeness (QED) is 0.633. The average Bonchev–Trinajstić information content (AvgIpc) is 2.15. The Morgan fingerprint density at radius 3 is 2.50 bits per heavy atom. The second kappa shape index (κ2) is 8.04. The Hall–Kier alpha value is -0.120. The number of aliphatic hydroxyl groups is 1. The minimum absolute atomic E-state index is 0.191. The third kappa shape index (κ3) is 7.20. The molecule has 98 valence electrons. The number of rotatable bonds is 9. The number of hydrogen-bond donors (Lipinski definition) is 2. The van der Waals surface area contributed by atoms with Crippen molar-refractivity contribution < 1.29 is 5.11 Å². The molecule has 16 heavy (non-hydrogen) atoms. The van der Waals surface area contributed by atoms with Crippen molar-refractivity contribution in [2.45, 2.75) is 46.1 Å². The first-order valence-corrected chi connectivity index (χ1v) is 6.44. The average molecular weight is 230 g/mol. The van der Waals surface area contributed by atoms with Crippen molar-refractivity contribution in [2.24, 2.45) is 5.41 Å². The van der Waals surface area contributed by atoms with Gasteiger partial charge in [0.15, 0.2) is 0 Å². The predicted octanol–water partition coefficient (Wildman–Crippen LogP) is 1.71. The molecule has 0 aliphatic carbocycles. The summed E-state index contributed by atoms with van der Waals surface area (Å²) in [5, 5.41) is 12.6. The van der Waals surface area contributed by atoms with E-state index in [1.165, 1.54) is 12.8 Å². The second-order valence-corrected chi connectivity index (χ2v) is 5.47. The Morgan fingerprint density at radius 2 is 2.06 bits per heavy atom. The van der Waals surface area contributed by atoms with Gasteiger partial charge < -0.3 is 15.3 Å². The summed E-state index contributed by atoms with van der Waals surface area (Å²) in [6.45, 7) is 9.55. The molecule has 0 amide bonds. The van der Waals surface area contributed by atoms with E-state index in [2.05, 4.69) is 31.1 Å². The fourth-order valence-corrected chi connectivity index (χ4v) is 2.39. The molecule has 0 bridgehead atoms. The summed E-state index contributed by atoms with van der Waals surface area (Å²) in [4.78, 5) is 2.33. The maximum atomic E-state index is 9.27. The summed E-state index contributed by atoms with van der Waals surface area (Å²) in [5.41, 5.74) is 0.344. The number of aliphatic hydroxyl groups excluding tert-OH is 1. The van der Waals surface area contributed by atoms with Gasteiger partial charge in [0.1, 0.15) is 0 Å². The van der Waals surface area contributed by atoms with Crippen LogP contribution in [0, 0.1) is 5.41 Å². The summed E-state index contributed by atoms with van der Waals surface area (Å²) in [5.74, 6) is 0. The number of nitrogens with zero attached hydrogens (tertiary/aromatic N) is 1. The van der Waals surface area contributed by atoms with Crippen LogP contribution in [0.1, 0.15) is 40.0 Å². The minimum atomic E-state index is -0.191. The first-order valence-electron chi connectivity index (χ1n) is 6.44. The van der Waals surface area contributed by atoms with Crippen molar-refractivity contribution in [1.82, 2.24) is 10.2 Å². The highest BCUT2D eigenvalue weighted by molar-refractivity contribution is 4.79. The van der Waals surface area contributed by atoms with Crippen LogP contribution in [0.5, 0.6) is 0 Å². The summed E-state index contributed by atoms with van der Waals surface area (Å²) in [7, 11) is 4.16. The van der Waals surface area contributed by atoms with Crippen molar-refractivity contribution in [3.8, 4) is 0 Å². The van der Waals surface area contributed by atoms with Crippen molar-refractivity contribution in [3.05, 3.63) is 0 Å². The van der Waals surface area contributed by atoms with Gasteiger partial charge in [-0.3, -0.25) is 0 Å². The van der Waals surface area contributed by atoms with E-state index >= 15 is 0 Å². The van der Waals surface area contributed by atoms with Gasteiger partial charge in [-0.05, 0) is 39.3 Å². The van der Waals surface area contributed by atoms with Gasteiger partial charge in [0.05, 0.1) is 6.10 Å². The third-order valence-electron chi connectivity index (χ3n) is 3.04. The lowest BCUT2D eigenvalue weighted by molar-refractivity contribution is 0.135. The zero-order valence-electron chi connectivity index (χ0n) is 11.7. The maximum absolute atomic E-state index is 9.27. The Balaban J connectivity index is 4.06. The van der Waals surface area contributed by atoms with Crippen LogP contribution in [0.3, 0.4) is 0 Å². The van der Waals surface area contributed by atoms with Gasteiger partial charge in [0.2, 0.25) is 0 Å². The van der Waals surface area contributed by atoms with E-state index in [1.807, 2.05) is 14.0 Å². The number of nitrogens with one attached hydrogen (secondary N) is 1. The Kier molecular flexibility index (Phi) is 7.98. The highest BCUT2D eigenvalue weighted by Crippen LogP contribution is 2.23. The van der Waals surface area contributed by atoms with Crippen LogP contribution in [-0.4, -0.2) is 49.8 Å². The van der Waals surface area contributed by atoms with Gasteiger partial charge in [-0.25, -0.2) is 0 Å². The molecule has 0 spiro atoms. The van der Waals surface area contributed by atoms with Crippen molar-refractivity contribution in [2.75, 3.05) is 33.7 Å². The molecule has 0 aromatic rings. The summed E-state index contributed by atoms with van der Waals surface area (Å²) in [6, 6.07) is 0. The Bertz CT molecular complexity index is 165. The fraction of sp³-hybridized carbons (Fsp3) is 1.00. The van der Waals surface area contributed by atoms with Gasteiger partial charge in [-0.2, -0.15) is 0 Å². The molecule has 0 aromatic carbocycles. The molecular weight excluding hydrogens is 200 g/mol. The zero-order chi connectivity index (χ0) is 12.6. The number of hydrogen-bond acceptors (Lipinski definition) is 3. The molecule has 2 atom stereocenters. The summed E-state index contributed by atoms with van der Waals surface area (Å²) in [6.07, 6.45) is 3.14. The van der Waals surface area contributed by atoms with Crippen LogP contribution in [-0.2, 0) is 0 Å². The van der Waals surface area contributed by atoms with E-state index in [0.717, 1.165) is 26.1 Å². The maximum Gasteiger partial charge on any atom is 0.0524 e. The van der Waals surface area contributed by atoms with E-state index < -0.39 is 0 Å². The van der Waals surface area contributed by atoms with E-state index in [-0.39, 0.29) is 6.10 Å². The fourth-order valence-electron chi connectivity index (χ4n) is 2.39. The van der Waals surface area contributed by atoms with Crippen molar-refractivity contribution >= 4 is 0 Å². The topological polar surface area (TPSA) is 35.5 Å². The molecule has 2 N–H and O–H groups in total. The van der Waals surface area contributed by atoms with Gasteiger partial charge >= 0.3 is 0 Å². The van der Waals surface area contributed by atoms with Crippen molar-refractivity contribution in [3.63, 3.8) is 0 Å². The lowest BCUT2D eigenvalue weighted by atomic mass is 9.85. The smallest absolute Gasteiger partial charge is 0.0524 e. The first-order chi connectivity index (χ1) is 7.43. The molecular formula is C13H30N2O. The lowest BCUT2D eigenvalue weighted by Gasteiger charge is -2.34. The molecule has 0 rings (SSSR count). The molecule has 0 radical (unpaired) electrons. The summed E-state index contributed by atoms with van der Waals surface area (Å²) < 4.78 is 0. The molecule has 0 saturated heterocycles. The molecule has 0 saturated carbocycles. The molecule has 0 aliphatic heterocycles. The third-order valence-corrected chi connectivity index (χ3v) is 3.04. The summed E-state index contributed by atoms with van der Waals surface area (Å²) >= 11 is 0. The van der Waals surface area contributed by atoms with E-state index in [1.54, 1.807) is 0 Å². The van der Waals surface area contributed by atoms with Gasteiger partial charge in [-0.15, -0.1) is 0 Å². The molecule has 0 aliphatic rings. The molecule has 0 heterocycles. The standard InChI is InChI=1S/C13H30N2O/c1-6-8-13(3,10-14-4)11-15(5)9-7-12(2)16/h12,14,16H,6-11H2,1-5H3. The van der Waals surface area contributed by atoms with Crippen LogP contribution in [0.15, 0.2) is 0 Å². The van der Waals surface area contributed by atoms with Crippen LogP contribution in [0.4, 0.5) is 0 Å².